The Hall–Kier alpha value is -16.3. The third-order valence-corrected chi connectivity index (χ3v) is 20.7. The van der Waals surface area contributed by atoms with Crippen molar-refractivity contribution in [2.45, 2.75) is 103 Å². The molecule has 0 aliphatic rings. The smallest absolute Gasteiger partial charge is 0.341 e. The summed E-state index contributed by atoms with van der Waals surface area (Å²) in [5.74, 6) is -7.87. The van der Waals surface area contributed by atoms with Crippen LogP contribution in [0, 0.1) is 25.5 Å². The van der Waals surface area contributed by atoms with E-state index in [0.717, 1.165) is 66.9 Å². The van der Waals surface area contributed by atoms with Crippen molar-refractivity contribution >= 4 is 108 Å². The number of nitrogens with two attached hydrogens (primary N) is 4. The third kappa shape index (κ3) is 21.6. The van der Waals surface area contributed by atoms with Gasteiger partial charge >= 0.3 is 23.9 Å². The molecule has 0 bridgehead atoms. The second-order valence-electron chi connectivity index (χ2n) is 29.2. The average Bonchev–Trinajstić information content (AvgIpc) is 1.57. The summed E-state index contributed by atoms with van der Waals surface area (Å²) in [6.45, 7) is 5.93. The molecule has 16 aromatic rings. The van der Waals surface area contributed by atoms with E-state index in [4.69, 9.17) is 61.6 Å². The number of fused-ring (bicyclic) bond motifs is 8. The fraction of sp³-hybridized carbons (Fsp3) is 0.190. The van der Waals surface area contributed by atoms with Gasteiger partial charge < -0.3 is 84.7 Å². The number of ether oxygens (including phenoxy) is 4. The van der Waals surface area contributed by atoms with E-state index in [-0.39, 0.29) is 81.6 Å². The van der Waals surface area contributed by atoms with Crippen molar-refractivity contribution in [2.24, 2.45) is 22.9 Å². The summed E-state index contributed by atoms with van der Waals surface area (Å²) in [5.41, 5.74) is 37.9. The van der Waals surface area contributed by atoms with Crippen LogP contribution in [0.5, 0.6) is 23.3 Å². The third-order valence-electron chi connectivity index (χ3n) is 20.7. The fourth-order valence-electron chi connectivity index (χ4n) is 15.6. The van der Waals surface area contributed by atoms with E-state index >= 15 is 0 Å². The number of carboxylic acids is 4. The minimum Gasteiger partial charge on any atom is -0.481 e. The number of halogens is 2. The molecule has 0 spiro atoms. The molecule has 0 aliphatic carbocycles. The van der Waals surface area contributed by atoms with Crippen molar-refractivity contribution in [3.05, 3.63) is 321 Å². The van der Waals surface area contributed by atoms with Gasteiger partial charge in [0.25, 0.3) is 11.7 Å². The molecule has 28 nitrogen and oxygen atoms in total. The largest absolute Gasteiger partial charge is 0.481 e. The Morgan fingerprint density at radius 3 is 1.38 bits per heavy atom. The van der Waals surface area contributed by atoms with Gasteiger partial charge in [0.05, 0.1) is 62.5 Å². The second-order valence-corrected chi connectivity index (χ2v) is 29.2. The van der Waals surface area contributed by atoms with Gasteiger partial charge in [-0.25, -0.2) is 37.9 Å². The Labute approximate surface area is 746 Å². The van der Waals surface area contributed by atoms with Crippen LogP contribution in [-0.2, 0) is 74.0 Å². The zero-order valence-corrected chi connectivity index (χ0v) is 68.5. The highest BCUT2D eigenvalue weighted by Gasteiger charge is 2.31. The maximum absolute atomic E-state index is 15.0. The van der Waals surface area contributed by atoms with Crippen molar-refractivity contribution in [1.29, 1.82) is 0 Å². The molecule has 672 valence electrons. The van der Waals surface area contributed by atoms with Crippen LogP contribution in [-0.4, -0.2) is 128 Å². The molecule has 30 heteroatoms. The highest BCUT2D eigenvalue weighted by atomic mass is 19.1. The number of aliphatic carboxylic acids is 4. The summed E-state index contributed by atoms with van der Waals surface area (Å²) in [6.07, 6.45) is 7.13. The quantitative estimate of drug-likeness (QED) is 0.0153. The highest BCUT2D eigenvalue weighted by Crippen LogP contribution is 2.44. The number of aromatic nitrogens is 6. The van der Waals surface area contributed by atoms with E-state index in [9.17, 15) is 57.0 Å². The molecule has 16 rings (SSSR count). The number of rotatable bonds is 30. The summed E-state index contributed by atoms with van der Waals surface area (Å²) in [4.78, 5) is 114. The predicted octanol–water partition coefficient (Wildman–Crippen LogP) is 16.8. The van der Waals surface area contributed by atoms with Crippen molar-refractivity contribution in [3.8, 4) is 45.7 Å². The normalized spacial score (nSPS) is 10.7. The number of primary amides is 4. The van der Waals surface area contributed by atoms with Crippen LogP contribution in [0.15, 0.2) is 235 Å². The topological polar surface area (TPSA) is 433 Å². The lowest BCUT2D eigenvalue weighted by atomic mass is 9.98. The van der Waals surface area contributed by atoms with Crippen LogP contribution in [0.1, 0.15) is 136 Å². The predicted molar refractivity (Wildman–Crippen MR) is 493 cm³/mol. The SMILES string of the molecule is C.C.C.C.CCc1c(C(=O)C(N)=O)c2c(OCC(=O)O)nc(C)cn2c1Cc1ccc(-c2ccccc2)cc1.CCc1c(CC(N)=O)c2c(OCC(=O)O)nc(C)cn2c1Cc1ccc(F)cc1.NC(=O)c1cccc2c1c1c(OCC(=O)O)cc(-c3ccco3)cc1n2Cc1ccccc1.NC(=O)c1cccc2c1c1c(OCC(=O)O)ccc(F)c1n2Cc1ccccc1. The van der Waals surface area contributed by atoms with Crippen molar-refractivity contribution in [1.82, 2.24) is 27.9 Å². The number of amides is 4. The molecule has 130 heavy (non-hydrogen) atoms. The molecule has 4 amide bonds. The number of carbonyl (C=O) groups is 9. The number of carbonyl (C=O) groups excluding carboxylic acids is 5. The van der Waals surface area contributed by atoms with Gasteiger partial charge in [-0.05, 0) is 150 Å². The number of furan rings is 1. The van der Waals surface area contributed by atoms with Crippen LogP contribution in [0.3, 0.4) is 0 Å². The first-order valence-electron chi connectivity index (χ1n) is 39.6. The monoisotopic (exact) mass is 1770 g/mol. The van der Waals surface area contributed by atoms with E-state index in [1.165, 1.54) is 24.3 Å². The zero-order valence-electron chi connectivity index (χ0n) is 68.5. The molecule has 0 unspecified atom stereocenters. The number of benzene rings is 9. The molecular weight excluding hydrogens is 1670 g/mol. The highest BCUT2D eigenvalue weighted by molar-refractivity contribution is 6.44. The van der Waals surface area contributed by atoms with E-state index in [1.54, 1.807) is 89.9 Å². The van der Waals surface area contributed by atoms with Gasteiger partial charge in [0.1, 0.15) is 39.9 Å². The number of Topliss-reactive ketones (excluding diaryl/α,β-unsaturated/α-hetero) is 1. The number of carboxylic acid groups (broad SMARTS) is 4. The summed E-state index contributed by atoms with van der Waals surface area (Å²) < 4.78 is 63.3. The van der Waals surface area contributed by atoms with Crippen LogP contribution in [0.2, 0.25) is 0 Å². The lowest BCUT2D eigenvalue weighted by Gasteiger charge is -2.11. The average molecular weight is 1770 g/mol. The first-order valence-corrected chi connectivity index (χ1v) is 39.6. The van der Waals surface area contributed by atoms with E-state index in [0.29, 0.717) is 111 Å². The first-order chi connectivity index (χ1) is 60.6. The number of aryl methyl sites for hydroxylation is 2. The van der Waals surface area contributed by atoms with Crippen LogP contribution in [0.4, 0.5) is 8.78 Å². The minimum absolute atomic E-state index is 0. The summed E-state index contributed by atoms with van der Waals surface area (Å²) >= 11 is 0. The minimum atomic E-state index is -1.18. The Bertz CT molecular complexity index is 6870. The Balaban J connectivity index is 0.000000194. The molecule has 0 atom stereocenters. The first kappa shape index (κ1) is 97.5. The summed E-state index contributed by atoms with van der Waals surface area (Å²) in [5, 5.41) is 38.3. The Kier molecular flexibility index (Phi) is 32.3. The van der Waals surface area contributed by atoms with Gasteiger partial charge in [0, 0.05) is 77.2 Å². The molecule has 7 aromatic heterocycles. The number of hydrogen-bond donors (Lipinski definition) is 8. The van der Waals surface area contributed by atoms with Gasteiger partial charge in [-0.3, -0.25) is 24.0 Å². The van der Waals surface area contributed by atoms with Crippen molar-refractivity contribution in [2.75, 3.05) is 26.4 Å². The van der Waals surface area contributed by atoms with E-state index in [1.807, 2.05) is 158 Å². The van der Waals surface area contributed by atoms with Gasteiger partial charge in [-0.15, -0.1) is 0 Å². The van der Waals surface area contributed by atoms with Gasteiger partial charge in [-0.2, -0.15) is 0 Å². The molecule has 0 aliphatic heterocycles. The fourth-order valence-corrected chi connectivity index (χ4v) is 15.6. The second kappa shape index (κ2) is 43.1. The molecule has 12 N–H and O–H groups in total. The number of hydrogen-bond acceptors (Lipinski definition) is 16. The zero-order chi connectivity index (χ0) is 89.7. The van der Waals surface area contributed by atoms with Crippen LogP contribution < -0.4 is 41.9 Å². The molecule has 0 radical (unpaired) electrons. The van der Waals surface area contributed by atoms with Crippen LogP contribution >= 0.6 is 0 Å². The molecule has 7 heterocycles. The summed E-state index contributed by atoms with van der Waals surface area (Å²) in [7, 11) is 0. The van der Waals surface area contributed by atoms with E-state index in [2.05, 4.69) is 14.5 Å². The molecular formula is C100H100F2N10O18. The van der Waals surface area contributed by atoms with Crippen molar-refractivity contribution < 1.29 is 95.7 Å². The van der Waals surface area contributed by atoms with Gasteiger partial charge in [0.2, 0.25) is 29.5 Å². The number of ketones is 1. The van der Waals surface area contributed by atoms with E-state index < -0.39 is 85.5 Å². The standard InChI is InChI=1S/C27H25N3O5.C26H20N2O5.C22H17FN2O4.C21H22FN3O4.4CH4/c1-3-20-21(13-17-9-11-19(12-10-17)18-7-5-4-6-8-18)30-14-16(2)29-27(35-15-22(31)32)24(30)23(20)25(33)26(28)34;27-26(31)18-8-4-9-19-24(18)25-20(28(19)14-16-6-2-1-3-7-16)12-17(21-10-5-11-32-21)13-22(25)33-15-23(29)30;23-15-9-10-17(29-12-18(26)27)20-19-14(22(24)28)7-4-8-16(19)25(21(15)20)11-13-5-2-1-3-6-13;1-3-15-16(9-18(23)26)20-21(29-11-19(27)28)24-12(2)10-25(20)17(15)8-13-4-6-14(22)7-5-13;;;;/h4-12,14H,3,13,15H2,1-2H3,(H2,28,34)(H,31,32);1-13H,14-15H2,(H2,27,31)(H,29,30);1-10H,11-12H2,(H2,24,28)(H,26,27);4-7,10H,3,8-9,11H2,1-2H3,(H2,23,26)(H,27,28);4*1H4. The Morgan fingerprint density at radius 2 is 0.885 bits per heavy atom. The van der Waals surface area contributed by atoms with Gasteiger partial charge in [-0.1, -0.05) is 183 Å². The van der Waals surface area contributed by atoms with Gasteiger partial charge in [0.15, 0.2) is 26.4 Å². The molecule has 0 saturated carbocycles. The molecule has 9 aromatic carbocycles. The summed E-state index contributed by atoms with van der Waals surface area (Å²) in [6, 6.07) is 64.0. The number of nitrogens with zero attached hydrogens (tertiary/aromatic N) is 6. The lowest BCUT2D eigenvalue weighted by molar-refractivity contribution is -0.140. The maximum atomic E-state index is 15.0. The molecule has 0 fully saturated rings. The maximum Gasteiger partial charge on any atom is 0.341 e. The Morgan fingerprint density at radius 1 is 0.423 bits per heavy atom. The molecule has 0 saturated heterocycles. The van der Waals surface area contributed by atoms with Crippen LogP contribution in [0.25, 0.3) is 77.1 Å². The van der Waals surface area contributed by atoms with Crippen molar-refractivity contribution in [3.63, 3.8) is 0 Å². The lowest BCUT2D eigenvalue weighted by Crippen LogP contribution is -2.24.